The molecule has 2 unspecified atom stereocenters. The van der Waals surface area contributed by atoms with Gasteiger partial charge in [-0.2, -0.15) is 0 Å². The van der Waals surface area contributed by atoms with Crippen molar-refractivity contribution >= 4 is 5.91 Å². The number of hydrogen-bond acceptors (Lipinski definition) is 2. The molecular formula is C12H24N2O. The highest BCUT2D eigenvalue weighted by molar-refractivity contribution is 5.79. The molecule has 88 valence electrons. The van der Waals surface area contributed by atoms with E-state index in [4.69, 9.17) is 0 Å². The molecule has 15 heavy (non-hydrogen) atoms. The summed E-state index contributed by atoms with van der Waals surface area (Å²) in [6.45, 7) is 8.39. The number of amides is 1. The van der Waals surface area contributed by atoms with E-state index in [2.05, 4.69) is 26.1 Å². The molecule has 0 aromatic rings. The normalized spacial score (nSPS) is 23.1. The van der Waals surface area contributed by atoms with Crippen molar-refractivity contribution in [3.05, 3.63) is 0 Å². The molecule has 0 aliphatic carbocycles. The van der Waals surface area contributed by atoms with Crippen LogP contribution in [0.2, 0.25) is 0 Å². The quantitative estimate of drug-likeness (QED) is 0.765. The highest BCUT2D eigenvalue weighted by Crippen LogP contribution is 2.16. The van der Waals surface area contributed by atoms with Gasteiger partial charge in [-0.15, -0.1) is 0 Å². The topological polar surface area (TPSA) is 32.3 Å². The Morgan fingerprint density at radius 3 is 2.60 bits per heavy atom. The predicted molar refractivity (Wildman–Crippen MR) is 62.7 cm³/mol. The summed E-state index contributed by atoms with van der Waals surface area (Å²) in [6, 6.07) is 0.359. The lowest BCUT2D eigenvalue weighted by Crippen LogP contribution is -2.40. The molecule has 0 bridgehead atoms. The van der Waals surface area contributed by atoms with Crippen LogP contribution in [0.25, 0.3) is 0 Å². The average molecular weight is 212 g/mol. The van der Waals surface area contributed by atoms with Crippen LogP contribution in [0.4, 0.5) is 0 Å². The van der Waals surface area contributed by atoms with Crippen molar-refractivity contribution in [1.29, 1.82) is 0 Å². The molecule has 1 fully saturated rings. The molecular weight excluding hydrogens is 188 g/mol. The van der Waals surface area contributed by atoms with Crippen molar-refractivity contribution in [2.75, 3.05) is 20.1 Å². The number of carbonyl (C=O) groups excluding carboxylic acids is 1. The van der Waals surface area contributed by atoms with Gasteiger partial charge < -0.3 is 10.2 Å². The number of hydrogen-bond donors (Lipinski definition) is 1. The molecule has 1 aliphatic heterocycles. The van der Waals surface area contributed by atoms with E-state index in [9.17, 15) is 4.79 Å². The largest absolute Gasteiger partial charge is 0.343 e. The van der Waals surface area contributed by atoms with Crippen LogP contribution in [0.15, 0.2) is 0 Å². The fraction of sp³-hybridized carbons (Fsp3) is 0.917. The van der Waals surface area contributed by atoms with Gasteiger partial charge in [-0.25, -0.2) is 0 Å². The van der Waals surface area contributed by atoms with E-state index in [1.165, 1.54) is 0 Å². The number of nitrogens with zero attached hydrogens (tertiary/aromatic N) is 1. The minimum Gasteiger partial charge on any atom is -0.343 e. The Hall–Kier alpha value is -0.570. The number of carbonyl (C=O) groups is 1. The fourth-order valence-corrected chi connectivity index (χ4v) is 2.21. The van der Waals surface area contributed by atoms with Crippen molar-refractivity contribution in [3.63, 3.8) is 0 Å². The second-order valence-corrected chi connectivity index (χ2v) is 5.12. The zero-order valence-corrected chi connectivity index (χ0v) is 10.4. The van der Waals surface area contributed by atoms with Crippen LogP contribution in [0, 0.1) is 11.8 Å². The molecule has 1 amide bonds. The number of rotatable bonds is 4. The van der Waals surface area contributed by atoms with Gasteiger partial charge in [0.25, 0.3) is 0 Å². The maximum atomic E-state index is 12.1. The summed E-state index contributed by atoms with van der Waals surface area (Å²) in [7, 11) is 1.94. The lowest BCUT2D eigenvalue weighted by atomic mass is 10.0. The Balaban J connectivity index is 2.43. The summed E-state index contributed by atoms with van der Waals surface area (Å²) in [6.07, 6.45) is 2.08. The molecule has 0 aromatic heterocycles. The molecule has 0 radical (unpaired) electrons. The van der Waals surface area contributed by atoms with Crippen LogP contribution >= 0.6 is 0 Å². The average Bonchev–Trinajstić information content (AvgIpc) is 2.67. The Morgan fingerprint density at radius 1 is 1.47 bits per heavy atom. The maximum absolute atomic E-state index is 12.1. The third-order valence-corrected chi connectivity index (χ3v) is 3.23. The molecule has 2 atom stereocenters. The van der Waals surface area contributed by atoms with Crippen LogP contribution in [0.1, 0.15) is 33.6 Å². The van der Waals surface area contributed by atoms with Crippen molar-refractivity contribution in [2.45, 2.75) is 39.7 Å². The summed E-state index contributed by atoms with van der Waals surface area (Å²) in [5.41, 5.74) is 0. The molecule has 3 nitrogen and oxygen atoms in total. The van der Waals surface area contributed by atoms with Gasteiger partial charge >= 0.3 is 0 Å². The Labute approximate surface area is 93.2 Å². The van der Waals surface area contributed by atoms with Gasteiger partial charge in [-0.05, 0) is 32.2 Å². The van der Waals surface area contributed by atoms with Crippen molar-refractivity contribution < 1.29 is 4.79 Å². The lowest BCUT2D eigenvalue weighted by Gasteiger charge is -2.28. The second kappa shape index (κ2) is 5.50. The van der Waals surface area contributed by atoms with E-state index in [0.717, 1.165) is 25.9 Å². The third-order valence-electron chi connectivity index (χ3n) is 3.23. The van der Waals surface area contributed by atoms with Crippen LogP contribution < -0.4 is 5.32 Å². The summed E-state index contributed by atoms with van der Waals surface area (Å²) in [5.74, 6) is 1.18. The van der Waals surface area contributed by atoms with Gasteiger partial charge in [-0.3, -0.25) is 4.79 Å². The standard InChI is InChI=1S/C12H24N2O/c1-9(2)7-10(3)14(4)12(15)11-5-6-13-8-11/h9-11,13H,5-8H2,1-4H3. The molecule has 0 spiro atoms. The first-order valence-corrected chi connectivity index (χ1v) is 5.99. The first-order valence-electron chi connectivity index (χ1n) is 5.99. The minimum absolute atomic E-state index is 0.213. The predicted octanol–water partition coefficient (Wildman–Crippen LogP) is 1.49. The van der Waals surface area contributed by atoms with Crippen molar-refractivity contribution in [1.82, 2.24) is 10.2 Å². The molecule has 0 saturated carbocycles. The van der Waals surface area contributed by atoms with Crippen LogP contribution in [0.5, 0.6) is 0 Å². The van der Waals surface area contributed by atoms with Gasteiger partial charge in [0, 0.05) is 19.6 Å². The lowest BCUT2D eigenvalue weighted by molar-refractivity contribution is -0.135. The summed E-state index contributed by atoms with van der Waals surface area (Å²) in [5, 5.41) is 3.24. The third kappa shape index (κ3) is 3.49. The minimum atomic E-state index is 0.213. The Bertz CT molecular complexity index is 210. The van der Waals surface area contributed by atoms with Gasteiger partial charge in [0.1, 0.15) is 0 Å². The molecule has 3 heteroatoms. The first-order chi connectivity index (χ1) is 7.02. The molecule has 1 N–H and O–H groups in total. The fourth-order valence-electron chi connectivity index (χ4n) is 2.21. The summed E-state index contributed by atoms with van der Waals surface area (Å²) < 4.78 is 0. The van der Waals surface area contributed by atoms with E-state index in [1.807, 2.05) is 11.9 Å². The smallest absolute Gasteiger partial charge is 0.226 e. The van der Waals surface area contributed by atoms with Gasteiger partial charge in [0.05, 0.1) is 5.92 Å². The monoisotopic (exact) mass is 212 g/mol. The highest BCUT2D eigenvalue weighted by atomic mass is 16.2. The molecule has 1 saturated heterocycles. The van der Waals surface area contributed by atoms with Crippen molar-refractivity contribution in [2.24, 2.45) is 11.8 Å². The van der Waals surface area contributed by atoms with E-state index in [1.54, 1.807) is 0 Å². The highest BCUT2D eigenvalue weighted by Gasteiger charge is 2.27. The second-order valence-electron chi connectivity index (χ2n) is 5.12. The zero-order chi connectivity index (χ0) is 11.4. The van der Waals surface area contributed by atoms with Gasteiger partial charge in [-0.1, -0.05) is 13.8 Å². The van der Waals surface area contributed by atoms with Crippen LogP contribution in [-0.2, 0) is 4.79 Å². The summed E-state index contributed by atoms with van der Waals surface area (Å²) >= 11 is 0. The Morgan fingerprint density at radius 2 is 2.13 bits per heavy atom. The van der Waals surface area contributed by atoms with E-state index < -0.39 is 0 Å². The molecule has 0 aromatic carbocycles. The zero-order valence-electron chi connectivity index (χ0n) is 10.4. The molecule has 1 rings (SSSR count). The van der Waals surface area contributed by atoms with E-state index >= 15 is 0 Å². The van der Waals surface area contributed by atoms with Crippen LogP contribution in [-0.4, -0.2) is 37.0 Å². The molecule has 1 aliphatic rings. The van der Waals surface area contributed by atoms with Crippen LogP contribution in [0.3, 0.4) is 0 Å². The Kier molecular flexibility index (Phi) is 4.58. The SMILES string of the molecule is CC(C)CC(C)N(C)C(=O)C1CCNC1. The van der Waals surface area contributed by atoms with E-state index in [0.29, 0.717) is 17.9 Å². The van der Waals surface area contributed by atoms with Gasteiger partial charge in [0.2, 0.25) is 5.91 Å². The van der Waals surface area contributed by atoms with E-state index in [-0.39, 0.29) is 5.92 Å². The maximum Gasteiger partial charge on any atom is 0.226 e. The summed E-state index contributed by atoms with van der Waals surface area (Å²) in [4.78, 5) is 14.0. The molecule has 1 heterocycles. The van der Waals surface area contributed by atoms with Gasteiger partial charge in [0.15, 0.2) is 0 Å². The first kappa shape index (κ1) is 12.5. The van der Waals surface area contributed by atoms with Crippen molar-refractivity contribution in [3.8, 4) is 0 Å². The number of nitrogens with one attached hydrogen (secondary N) is 1.